The first-order valence-electron chi connectivity index (χ1n) is 7.07. The van der Waals surface area contributed by atoms with Crippen molar-refractivity contribution in [3.05, 3.63) is 0 Å². The molecule has 1 aliphatic rings. The third-order valence-electron chi connectivity index (χ3n) is 3.17. The summed E-state index contributed by atoms with van der Waals surface area (Å²) >= 11 is 0. The highest BCUT2D eigenvalue weighted by Gasteiger charge is 2.33. The molecule has 20 heavy (non-hydrogen) atoms. The van der Waals surface area contributed by atoms with Gasteiger partial charge in [0.25, 0.3) is 0 Å². The van der Waals surface area contributed by atoms with E-state index in [0.29, 0.717) is 25.9 Å². The quantitative estimate of drug-likeness (QED) is 0.797. The minimum Gasteiger partial charge on any atom is -0.464 e. The molecule has 0 saturated carbocycles. The maximum absolute atomic E-state index is 11.9. The molecule has 1 amide bonds. The number of amides is 1. The molecule has 1 atom stereocenters. The average molecular weight is 287 g/mol. The first kappa shape index (κ1) is 16.8. The molecular formula is C14H25NO5. The number of esters is 1. The van der Waals surface area contributed by atoms with Crippen molar-refractivity contribution in [1.82, 2.24) is 4.90 Å². The van der Waals surface area contributed by atoms with E-state index in [4.69, 9.17) is 9.47 Å². The van der Waals surface area contributed by atoms with Crippen LogP contribution >= 0.6 is 0 Å². The van der Waals surface area contributed by atoms with E-state index in [9.17, 15) is 14.7 Å². The number of rotatable bonds is 3. The fourth-order valence-corrected chi connectivity index (χ4v) is 2.14. The topological polar surface area (TPSA) is 76.1 Å². The summed E-state index contributed by atoms with van der Waals surface area (Å²) in [5.41, 5.74) is -0.515. The first-order valence-corrected chi connectivity index (χ1v) is 7.07. The van der Waals surface area contributed by atoms with Gasteiger partial charge in [-0.05, 0) is 46.5 Å². The lowest BCUT2D eigenvalue weighted by atomic mass is 9.91. The van der Waals surface area contributed by atoms with Crippen LogP contribution in [0.3, 0.4) is 0 Å². The fraction of sp³-hybridized carbons (Fsp3) is 0.857. The van der Waals surface area contributed by atoms with Crippen LogP contribution < -0.4 is 0 Å². The minimum absolute atomic E-state index is 0.160. The Morgan fingerprint density at radius 3 is 2.30 bits per heavy atom. The zero-order valence-corrected chi connectivity index (χ0v) is 12.7. The Balaban J connectivity index is 2.43. The second kappa shape index (κ2) is 6.92. The van der Waals surface area contributed by atoms with Crippen LogP contribution in [0.15, 0.2) is 0 Å². The Kier molecular flexibility index (Phi) is 5.80. The zero-order valence-electron chi connectivity index (χ0n) is 12.7. The Morgan fingerprint density at radius 1 is 1.30 bits per heavy atom. The second-order valence-corrected chi connectivity index (χ2v) is 6.00. The van der Waals surface area contributed by atoms with Gasteiger partial charge < -0.3 is 19.5 Å². The van der Waals surface area contributed by atoms with Gasteiger partial charge in [0.15, 0.2) is 6.10 Å². The van der Waals surface area contributed by atoms with Gasteiger partial charge in [0.1, 0.15) is 5.60 Å². The molecule has 0 radical (unpaired) electrons. The van der Waals surface area contributed by atoms with Gasteiger partial charge >= 0.3 is 12.1 Å². The van der Waals surface area contributed by atoms with Crippen molar-refractivity contribution < 1.29 is 24.2 Å². The van der Waals surface area contributed by atoms with Gasteiger partial charge in [-0.2, -0.15) is 0 Å². The van der Waals surface area contributed by atoms with Gasteiger partial charge in [-0.25, -0.2) is 9.59 Å². The molecule has 6 heteroatoms. The van der Waals surface area contributed by atoms with E-state index in [0.717, 1.165) is 0 Å². The van der Waals surface area contributed by atoms with Gasteiger partial charge in [0.2, 0.25) is 0 Å². The van der Waals surface area contributed by atoms with Crippen molar-refractivity contribution in [2.24, 2.45) is 5.92 Å². The molecule has 0 aromatic rings. The van der Waals surface area contributed by atoms with Crippen LogP contribution in [0.5, 0.6) is 0 Å². The van der Waals surface area contributed by atoms with Gasteiger partial charge in [0.05, 0.1) is 6.61 Å². The SMILES string of the molecule is CCOC(=O)C(O)C1CCN(C(=O)OC(C)(C)C)CC1. The lowest BCUT2D eigenvalue weighted by molar-refractivity contribution is -0.157. The Bertz CT molecular complexity index is 342. The van der Waals surface area contributed by atoms with Crippen molar-refractivity contribution in [3.63, 3.8) is 0 Å². The molecule has 1 saturated heterocycles. The molecule has 0 aliphatic carbocycles. The Morgan fingerprint density at radius 2 is 1.85 bits per heavy atom. The lowest BCUT2D eigenvalue weighted by Gasteiger charge is -2.34. The van der Waals surface area contributed by atoms with E-state index in [1.54, 1.807) is 11.8 Å². The lowest BCUT2D eigenvalue weighted by Crippen LogP contribution is -2.45. The second-order valence-electron chi connectivity index (χ2n) is 6.00. The summed E-state index contributed by atoms with van der Waals surface area (Å²) in [6.45, 7) is 8.39. The third-order valence-corrected chi connectivity index (χ3v) is 3.17. The maximum atomic E-state index is 11.9. The van der Waals surface area contributed by atoms with Crippen molar-refractivity contribution in [3.8, 4) is 0 Å². The van der Waals surface area contributed by atoms with E-state index >= 15 is 0 Å². The maximum Gasteiger partial charge on any atom is 0.410 e. The third kappa shape index (κ3) is 5.00. The van der Waals surface area contributed by atoms with Crippen LogP contribution in [-0.2, 0) is 14.3 Å². The normalized spacial score (nSPS) is 18.6. The number of hydrogen-bond donors (Lipinski definition) is 1. The van der Waals surface area contributed by atoms with Crippen LogP contribution in [0, 0.1) is 5.92 Å². The highest BCUT2D eigenvalue weighted by molar-refractivity contribution is 5.74. The summed E-state index contributed by atoms with van der Waals surface area (Å²) in [5.74, 6) is -0.740. The molecule has 0 spiro atoms. The van der Waals surface area contributed by atoms with Crippen LogP contribution in [-0.4, -0.2) is 53.5 Å². The van der Waals surface area contributed by atoms with E-state index in [2.05, 4.69) is 0 Å². The summed E-state index contributed by atoms with van der Waals surface area (Å²) in [6, 6.07) is 0. The minimum atomic E-state index is -1.10. The monoisotopic (exact) mass is 287 g/mol. The number of aliphatic hydroxyl groups is 1. The molecule has 1 unspecified atom stereocenters. The van der Waals surface area contributed by atoms with Crippen LogP contribution in [0.2, 0.25) is 0 Å². The molecule has 6 nitrogen and oxygen atoms in total. The summed E-state index contributed by atoms with van der Waals surface area (Å²) in [5, 5.41) is 9.88. The number of hydrogen-bond acceptors (Lipinski definition) is 5. The average Bonchev–Trinajstić information content (AvgIpc) is 2.36. The largest absolute Gasteiger partial charge is 0.464 e. The number of aliphatic hydroxyl groups excluding tert-OH is 1. The highest BCUT2D eigenvalue weighted by atomic mass is 16.6. The molecule has 0 aromatic carbocycles. The number of carbonyl (C=O) groups excluding carboxylic acids is 2. The molecular weight excluding hydrogens is 262 g/mol. The first-order chi connectivity index (χ1) is 9.24. The van der Waals surface area contributed by atoms with Gasteiger partial charge in [-0.3, -0.25) is 0 Å². The van der Waals surface area contributed by atoms with Crippen LogP contribution in [0.4, 0.5) is 4.79 Å². The molecule has 116 valence electrons. The van der Waals surface area contributed by atoms with E-state index in [1.165, 1.54) is 0 Å². The zero-order chi connectivity index (χ0) is 15.3. The number of nitrogens with zero attached hydrogens (tertiary/aromatic N) is 1. The molecule has 0 aromatic heterocycles. The fourth-order valence-electron chi connectivity index (χ4n) is 2.14. The summed E-state index contributed by atoms with van der Waals surface area (Å²) in [6.07, 6.45) is -0.310. The van der Waals surface area contributed by atoms with Crippen LogP contribution in [0.25, 0.3) is 0 Å². The molecule has 1 N–H and O–H groups in total. The van der Waals surface area contributed by atoms with Gasteiger partial charge in [0, 0.05) is 13.1 Å². The molecule has 1 aliphatic heterocycles. The number of ether oxygens (including phenoxy) is 2. The van der Waals surface area contributed by atoms with Crippen molar-refractivity contribution in [1.29, 1.82) is 0 Å². The van der Waals surface area contributed by atoms with E-state index in [1.807, 2.05) is 20.8 Å². The van der Waals surface area contributed by atoms with Gasteiger partial charge in [-0.1, -0.05) is 0 Å². The predicted molar refractivity (Wildman–Crippen MR) is 73.2 cm³/mol. The summed E-state index contributed by atoms with van der Waals surface area (Å²) in [7, 11) is 0. The molecule has 0 bridgehead atoms. The van der Waals surface area contributed by atoms with Crippen LogP contribution in [0.1, 0.15) is 40.5 Å². The van der Waals surface area contributed by atoms with Crippen molar-refractivity contribution in [2.75, 3.05) is 19.7 Å². The van der Waals surface area contributed by atoms with Crippen molar-refractivity contribution >= 4 is 12.1 Å². The summed E-state index contributed by atoms with van der Waals surface area (Å²) < 4.78 is 10.1. The summed E-state index contributed by atoms with van der Waals surface area (Å²) in [4.78, 5) is 25.0. The predicted octanol–water partition coefficient (Wildman–Crippen LogP) is 1.56. The standard InChI is InChI=1S/C14H25NO5/c1-5-19-12(17)11(16)10-6-8-15(9-7-10)13(18)20-14(2,3)4/h10-11,16H,5-9H2,1-4H3. The number of likely N-dealkylation sites (tertiary alicyclic amines) is 1. The molecule has 1 fully saturated rings. The smallest absolute Gasteiger partial charge is 0.410 e. The molecule has 1 rings (SSSR count). The van der Waals surface area contributed by atoms with E-state index < -0.39 is 17.7 Å². The highest BCUT2D eigenvalue weighted by Crippen LogP contribution is 2.23. The Hall–Kier alpha value is -1.30. The number of carbonyl (C=O) groups is 2. The van der Waals surface area contributed by atoms with Gasteiger partial charge in [-0.15, -0.1) is 0 Å². The molecule has 1 heterocycles. The van der Waals surface area contributed by atoms with E-state index in [-0.39, 0.29) is 18.6 Å². The van der Waals surface area contributed by atoms with Crippen molar-refractivity contribution in [2.45, 2.75) is 52.2 Å². The number of piperidine rings is 1. The Labute approximate surface area is 120 Å².